The Bertz CT molecular complexity index is 886. The van der Waals surface area contributed by atoms with E-state index in [4.69, 9.17) is 0 Å². The van der Waals surface area contributed by atoms with Crippen LogP contribution in [0.4, 0.5) is 26.3 Å². The fraction of sp³-hybridized carbons (Fsp3) is 0.333. The van der Waals surface area contributed by atoms with Gasteiger partial charge in [-0.3, -0.25) is 0 Å². The molecule has 0 amide bonds. The number of hydrogen-bond donors (Lipinski definition) is 1. The first kappa shape index (κ1) is 22.2. The standard InChI is InChI=1S/C18H17F6NO2S/c1-2-12-3-5-13(6-4-12)7-8-25-28(26,27)16-10-14(17(19,20)21)9-15(11-16)18(22,23)24/h3-6,9-11,25H,2,7-8H2,1H3. The molecule has 0 aliphatic heterocycles. The molecule has 2 rings (SSSR count). The smallest absolute Gasteiger partial charge is 0.211 e. The van der Waals surface area contributed by atoms with Gasteiger partial charge in [0.1, 0.15) is 0 Å². The van der Waals surface area contributed by atoms with Gasteiger partial charge in [0.2, 0.25) is 10.0 Å². The Hall–Kier alpha value is -2.07. The minimum Gasteiger partial charge on any atom is -0.211 e. The monoisotopic (exact) mass is 425 g/mol. The van der Waals surface area contributed by atoms with Gasteiger partial charge in [-0.15, -0.1) is 0 Å². The number of sulfonamides is 1. The van der Waals surface area contributed by atoms with Crippen molar-refractivity contribution in [1.29, 1.82) is 0 Å². The lowest BCUT2D eigenvalue weighted by molar-refractivity contribution is -0.143. The van der Waals surface area contributed by atoms with Crippen LogP contribution in [0, 0.1) is 0 Å². The second-order valence-corrected chi connectivity index (χ2v) is 7.83. The summed E-state index contributed by atoms with van der Waals surface area (Å²) in [6, 6.07) is 7.52. The van der Waals surface area contributed by atoms with Crippen LogP contribution < -0.4 is 4.72 Å². The molecule has 2 aromatic carbocycles. The number of rotatable bonds is 6. The Balaban J connectivity index is 2.23. The van der Waals surface area contributed by atoms with E-state index >= 15 is 0 Å². The molecule has 0 bridgehead atoms. The molecule has 0 aliphatic rings. The zero-order chi connectivity index (χ0) is 21.2. The summed E-state index contributed by atoms with van der Waals surface area (Å²) >= 11 is 0. The third-order valence-electron chi connectivity index (χ3n) is 4.01. The molecule has 0 atom stereocenters. The number of alkyl halides is 6. The van der Waals surface area contributed by atoms with E-state index < -0.39 is 38.4 Å². The Morgan fingerprint density at radius 3 is 1.71 bits per heavy atom. The Morgan fingerprint density at radius 1 is 0.821 bits per heavy atom. The van der Waals surface area contributed by atoms with E-state index in [1.54, 1.807) is 12.1 Å². The summed E-state index contributed by atoms with van der Waals surface area (Å²) in [6.07, 6.45) is -9.18. The van der Waals surface area contributed by atoms with E-state index in [0.717, 1.165) is 17.5 Å². The van der Waals surface area contributed by atoms with Gasteiger partial charge in [0.05, 0.1) is 16.0 Å². The molecule has 0 saturated heterocycles. The molecule has 0 aromatic heterocycles. The average Bonchev–Trinajstić information content (AvgIpc) is 2.60. The van der Waals surface area contributed by atoms with Gasteiger partial charge in [-0.2, -0.15) is 26.3 Å². The molecule has 10 heteroatoms. The Kier molecular flexibility index (Phi) is 6.44. The molecule has 0 aliphatic carbocycles. The highest BCUT2D eigenvalue weighted by Gasteiger charge is 2.38. The molecule has 154 valence electrons. The summed E-state index contributed by atoms with van der Waals surface area (Å²) in [6.45, 7) is 1.79. The van der Waals surface area contributed by atoms with Crippen LogP contribution in [0.15, 0.2) is 47.4 Å². The lowest BCUT2D eigenvalue weighted by atomic mass is 10.1. The quantitative estimate of drug-likeness (QED) is 0.676. The van der Waals surface area contributed by atoms with E-state index in [0.29, 0.717) is 0 Å². The van der Waals surface area contributed by atoms with E-state index in [1.807, 2.05) is 23.8 Å². The predicted molar refractivity (Wildman–Crippen MR) is 91.2 cm³/mol. The number of aryl methyl sites for hydroxylation is 1. The Morgan fingerprint density at radius 2 is 1.29 bits per heavy atom. The minimum atomic E-state index is -5.12. The average molecular weight is 425 g/mol. The molecular formula is C18H17F6NO2S. The van der Waals surface area contributed by atoms with Crippen molar-refractivity contribution in [3.8, 4) is 0 Å². The van der Waals surface area contributed by atoms with Gasteiger partial charge in [0.15, 0.2) is 0 Å². The molecule has 2 aromatic rings. The predicted octanol–water partition coefficient (Wildman–Crippen LogP) is 4.81. The molecule has 3 nitrogen and oxygen atoms in total. The molecular weight excluding hydrogens is 408 g/mol. The summed E-state index contributed by atoms with van der Waals surface area (Å²) < 4.78 is 104. The van der Waals surface area contributed by atoms with Gasteiger partial charge < -0.3 is 0 Å². The van der Waals surface area contributed by atoms with Crippen molar-refractivity contribution in [1.82, 2.24) is 4.72 Å². The van der Waals surface area contributed by atoms with Gasteiger partial charge in [0, 0.05) is 6.54 Å². The lowest BCUT2D eigenvalue weighted by Gasteiger charge is -2.15. The zero-order valence-electron chi connectivity index (χ0n) is 14.7. The number of benzene rings is 2. The van der Waals surface area contributed by atoms with Crippen LogP contribution in [-0.2, 0) is 35.2 Å². The summed E-state index contributed by atoms with van der Waals surface area (Å²) in [7, 11) is -4.56. The van der Waals surface area contributed by atoms with Crippen LogP contribution >= 0.6 is 0 Å². The third kappa shape index (κ3) is 5.71. The summed E-state index contributed by atoms with van der Waals surface area (Å²) in [4.78, 5) is -1.09. The fourth-order valence-corrected chi connectivity index (χ4v) is 3.54. The largest absolute Gasteiger partial charge is 0.416 e. The second-order valence-electron chi connectivity index (χ2n) is 6.06. The normalized spacial score (nSPS) is 13.0. The van der Waals surface area contributed by atoms with Crippen molar-refractivity contribution >= 4 is 10.0 Å². The first-order valence-electron chi connectivity index (χ1n) is 8.20. The highest BCUT2D eigenvalue weighted by molar-refractivity contribution is 7.89. The molecule has 0 heterocycles. The number of nitrogens with one attached hydrogen (secondary N) is 1. The van der Waals surface area contributed by atoms with E-state index in [-0.39, 0.29) is 31.2 Å². The van der Waals surface area contributed by atoms with Crippen molar-refractivity contribution in [2.75, 3.05) is 6.54 Å². The van der Waals surface area contributed by atoms with Crippen LogP contribution in [0.1, 0.15) is 29.2 Å². The zero-order valence-corrected chi connectivity index (χ0v) is 15.5. The second kappa shape index (κ2) is 8.12. The third-order valence-corrected chi connectivity index (χ3v) is 5.45. The summed E-state index contributed by atoms with van der Waals surface area (Å²) in [5.74, 6) is 0. The molecule has 28 heavy (non-hydrogen) atoms. The highest BCUT2D eigenvalue weighted by Crippen LogP contribution is 2.37. The first-order valence-corrected chi connectivity index (χ1v) is 9.68. The number of halogens is 6. The van der Waals surface area contributed by atoms with Crippen LogP contribution in [0.3, 0.4) is 0 Å². The first-order chi connectivity index (χ1) is 12.8. The van der Waals surface area contributed by atoms with Crippen LogP contribution in [0.2, 0.25) is 0 Å². The van der Waals surface area contributed by atoms with Crippen LogP contribution in [0.25, 0.3) is 0 Å². The maximum atomic E-state index is 12.9. The van der Waals surface area contributed by atoms with Crippen molar-refractivity contribution in [2.45, 2.75) is 37.0 Å². The topological polar surface area (TPSA) is 46.2 Å². The van der Waals surface area contributed by atoms with E-state index in [9.17, 15) is 34.8 Å². The van der Waals surface area contributed by atoms with Gasteiger partial charge in [-0.1, -0.05) is 31.2 Å². The molecule has 0 radical (unpaired) electrons. The van der Waals surface area contributed by atoms with Crippen LogP contribution in [0.5, 0.6) is 0 Å². The lowest BCUT2D eigenvalue weighted by Crippen LogP contribution is -2.27. The fourth-order valence-electron chi connectivity index (χ4n) is 2.44. The van der Waals surface area contributed by atoms with Crippen LogP contribution in [-0.4, -0.2) is 15.0 Å². The minimum absolute atomic E-state index is 0.117. The summed E-state index contributed by atoms with van der Waals surface area (Å²) in [5.41, 5.74) is -1.51. The molecule has 0 unspecified atom stereocenters. The summed E-state index contributed by atoms with van der Waals surface area (Å²) in [5, 5.41) is 0. The van der Waals surface area contributed by atoms with Gasteiger partial charge in [-0.05, 0) is 42.2 Å². The van der Waals surface area contributed by atoms with Crippen molar-refractivity contribution in [2.24, 2.45) is 0 Å². The van der Waals surface area contributed by atoms with Crippen molar-refractivity contribution in [3.63, 3.8) is 0 Å². The van der Waals surface area contributed by atoms with Crippen molar-refractivity contribution in [3.05, 3.63) is 64.7 Å². The molecule has 0 spiro atoms. The molecule has 0 fully saturated rings. The van der Waals surface area contributed by atoms with E-state index in [1.165, 1.54) is 0 Å². The molecule has 0 saturated carbocycles. The van der Waals surface area contributed by atoms with Gasteiger partial charge in [-0.25, -0.2) is 13.1 Å². The molecule has 1 N–H and O–H groups in total. The van der Waals surface area contributed by atoms with Crippen molar-refractivity contribution < 1.29 is 34.8 Å². The number of hydrogen-bond acceptors (Lipinski definition) is 2. The van der Waals surface area contributed by atoms with Gasteiger partial charge in [0.25, 0.3) is 0 Å². The SMILES string of the molecule is CCc1ccc(CCNS(=O)(=O)c2cc(C(F)(F)F)cc(C(F)(F)F)c2)cc1. The maximum absolute atomic E-state index is 12.9. The Labute approximate surface area is 158 Å². The van der Waals surface area contributed by atoms with Gasteiger partial charge >= 0.3 is 12.4 Å². The highest BCUT2D eigenvalue weighted by atomic mass is 32.2. The van der Waals surface area contributed by atoms with E-state index in [2.05, 4.69) is 0 Å². The maximum Gasteiger partial charge on any atom is 0.416 e.